The summed E-state index contributed by atoms with van der Waals surface area (Å²) in [6.45, 7) is 5.92. The average molecular weight is 478 g/mol. The van der Waals surface area contributed by atoms with Gasteiger partial charge in [-0.3, -0.25) is 14.8 Å². The number of rotatable bonds is 6. The van der Waals surface area contributed by atoms with Gasteiger partial charge in [0.05, 0.1) is 21.8 Å². The number of aryl methyl sites for hydroxylation is 3. The van der Waals surface area contributed by atoms with Crippen LogP contribution >= 0.6 is 11.3 Å². The lowest BCUT2D eigenvalue weighted by atomic mass is 10.0. The van der Waals surface area contributed by atoms with Crippen LogP contribution in [0.25, 0.3) is 11.3 Å². The fourth-order valence-corrected chi connectivity index (χ4v) is 5.11. The minimum Gasteiger partial charge on any atom is -0.298 e. The van der Waals surface area contributed by atoms with Crippen molar-refractivity contribution in [2.24, 2.45) is 0 Å². The average Bonchev–Trinajstić information content (AvgIpc) is 3.24. The Morgan fingerprint density at radius 1 is 0.909 bits per heavy atom. The number of anilines is 2. The second-order valence-corrected chi connectivity index (χ2v) is 10.3. The molecule has 0 aliphatic heterocycles. The number of benzene rings is 3. The van der Waals surface area contributed by atoms with E-state index >= 15 is 0 Å². The van der Waals surface area contributed by atoms with Crippen LogP contribution in [0, 0.1) is 20.8 Å². The highest BCUT2D eigenvalue weighted by atomic mass is 32.2. The lowest BCUT2D eigenvalue weighted by Crippen LogP contribution is -2.18. The molecule has 33 heavy (non-hydrogen) atoms. The van der Waals surface area contributed by atoms with E-state index in [0.717, 1.165) is 27.9 Å². The van der Waals surface area contributed by atoms with Gasteiger partial charge in [-0.2, -0.15) is 0 Å². The molecule has 0 saturated carbocycles. The van der Waals surface area contributed by atoms with Crippen LogP contribution in [0.15, 0.2) is 77.0 Å². The first-order valence-corrected chi connectivity index (χ1v) is 12.6. The van der Waals surface area contributed by atoms with Gasteiger partial charge in [0.2, 0.25) is 0 Å². The van der Waals surface area contributed by atoms with Crippen molar-refractivity contribution < 1.29 is 13.2 Å². The van der Waals surface area contributed by atoms with Gasteiger partial charge in [0.1, 0.15) is 0 Å². The molecule has 1 heterocycles. The van der Waals surface area contributed by atoms with E-state index in [1.807, 2.05) is 38.3 Å². The first-order chi connectivity index (χ1) is 15.7. The van der Waals surface area contributed by atoms with Crippen molar-refractivity contribution in [3.8, 4) is 11.3 Å². The summed E-state index contributed by atoms with van der Waals surface area (Å²) in [6, 6.07) is 19.1. The molecule has 0 spiro atoms. The van der Waals surface area contributed by atoms with E-state index in [-0.39, 0.29) is 16.1 Å². The summed E-state index contributed by atoms with van der Waals surface area (Å²) in [5.74, 6) is -0.445. The molecule has 4 rings (SSSR count). The van der Waals surface area contributed by atoms with Gasteiger partial charge in [0.15, 0.2) is 5.13 Å². The van der Waals surface area contributed by atoms with Crippen molar-refractivity contribution >= 4 is 38.1 Å². The van der Waals surface area contributed by atoms with Crippen molar-refractivity contribution in [2.75, 3.05) is 10.0 Å². The second kappa shape index (κ2) is 9.17. The maximum Gasteiger partial charge on any atom is 0.261 e. The number of thiazole rings is 1. The van der Waals surface area contributed by atoms with E-state index in [2.05, 4.69) is 21.1 Å². The molecule has 1 amide bonds. The molecule has 0 saturated heterocycles. The maximum absolute atomic E-state index is 13.0. The minimum atomic E-state index is -3.84. The van der Waals surface area contributed by atoms with Crippen LogP contribution in [0.3, 0.4) is 0 Å². The topological polar surface area (TPSA) is 88.2 Å². The Bertz CT molecular complexity index is 1430. The van der Waals surface area contributed by atoms with E-state index in [0.29, 0.717) is 5.13 Å². The summed E-state index contributed by atoms with van der Waals surface area (Å²) in [6.07, 6.45) is 0. The van der Waals surface area contributed by atoms with Crippen molar-refractivity contribution in [1.29, 1.82) is 0 Å². The molecule has 0 unspecified atom stereocenters. The molecular formula is C25H23N3O3S2. The van der Waals surface area contributed by atoms with E-state index < -0.39 is 15.9 Å². The molecule has 0 atom stereocenters. The summed E-state index contributed by atoms with van der Waals surface area (Å²) in [5.41, 5.74) is 5.38. The zero-order chi connectivity index (χ0) is 23.6. The Kier molecular flexibility index (Phi) is 6.31. The molecule has 3 aromatic carbocycles. The van der Waals surface area contributed by atoms with Gasteiger partial charge in [0.25, 0.3) is 15.9 Å². The van der Waals surface area contributed by atoms with E-state index in [1.54, 1.807) is 36.4 Å². The standard InChI is InChI=1S/C25H23N3O3S2/c1-16-9-12-19(13-10-16)33(30,31)28-22-7-5-4-6-20(22)24(29)27-25-26-23(15-32-25)21-14-17(2)8-11-18(21)3/h4-15,28H,1-3H3,(H,26,27,29). The summed E-state index contributed by atoms with van der Waals surface area (Å²) in [7, 11) is -3.84. The molecule has 4 aromatic rings. The van der Waals surface area contributed by atoms with Gasteiger partial charge >= 0.3 is 0 Å². The van der Waals surface area contributed by atoms with Crippen LogP contribution in [-0.2, 0) is 10.0 Å². The van der Waals surface area contributed by atoms with E-state index in [1.165, 1.54) is 23.5 Å². The summed E-state index contributed by atoms with van der Waals surface area (Å²) >= 11 is 1.32. The van der Waals surface area contributed by atoms with Crippen LogP contribution < -0.4 is 10.0 Å². The minimum absolute atomic E-state index is 0.126. The molecule has 1 aromatic heterocycles. The van der Waals surface area contributed by atoms with Crippen LogP contribution in [-0.4, -0.2) is 19.3 Å². The number of nitrogens with zero attached hydrogens (tertiary/aromatic N) is 1. The second-order valence-electron chi connectivity index (χ2n) is 7.77. The third-order valence-electron chi connectivity index (χ3n) is 5.14. The van der Waals surface area contributed by atoms with E-state index in [4.69, 9.17) is 0 Å². The third kappa shape index (κ3) is 5.13. The number of carbonyl (C=O) groups is 1. The zero-order valence-electron chi connectivity index (χ0n) is 18.4. The molecular weight excluding hydrogens is 454 g/mol. The summed E-state index contributed by atoms with van der Waals surface area (Å²) in [5, 5.41) is 5.12. The van der Waals surface area contributed by atoms with Gasteiger partial charge in [-0.25, -0.2) is 13.4 Å². The monoisotopic (exact) mass is 477 g/mol. The maximum atomic E-state index is 13.0. The molecule has 0 aliphatic carbocycles. The smallest absolute Gasteiger partial charge is 0.261 e. The molecule has 6 nitrogen and oxygen atoms in total. The Labute approximate surface area is 197 Å². The Balaban J connectivity index is 1.56. The normalized spacial score (nSPS) is 11.2. The molecule has 168 valence electrons. The van der Waals surface area contributed by atoms with Gasteiger partial charge in [-0.1, -0.05) is 47.5 Å². The van der Waals surface area contributed by atoms with Crippen molar-refractivity contribution in [3.63, 3.8) is 0 Å². The van der Waals surface area contributed by atoms with Crippen LogP contribution in [0.1, 0.15) is 27.0 Å². The van der Waals surface area contributed by atoms with Gasteiger partial charge < -0.3 is 0 Å². The van der Waals surface area contributed by atoms with Crippen LogP contribution in [0.4, 0.5) is 10.8 Å². The molecule has 0 radical (unpaired) electrons. The number of aromatic nitrogens is 1. The molecule has 0 aliphatic rings. The Morgan fingerprint density at radius 3 is 2.36 bits per heavy atom. The Morgan fingerprint density at radius 2 is 1.61 bits per heavy atom. The fourth-order valence-electron chi connectivity index (χ4n) is 3.32. The van der Waals surface area contributed by atoms with Gasteiger partial charge in [-0.05, 0) is 56.7 Å². The zero-order valence-corrected chi connectivity index (χ0v) is 20.0. The molecule has 2 N–H and O–H groups in total. The predicted octanol–water partition coefficient (Wildman–Crippen LogP) is 5.79. The number of hydrogen-bond donors (Lipinski definition) is 2. The van der Waals surface area contributed by atoms with Crippen molar-refractivity contribution in [1.82, 2.24) is 4.98 Å². The predicted molar refractivity (Wildman–Crippen MR) is 133 cm³/mol. The summed E-state index contributed by atoms with van der Waals surface area (Å²) in [4.78, 5) is 17.7. The molecule has 0 fully saturated rings. The first kappa shape index (κ1) is 22.7. The highest BCUT2D eigenvalue weighted by Crippen LogP contribution is 2.29. The third-order valence-corrected chi connectivity index (χ3v) is 7.28. The fraction of sp³-hybridized carbons (Fsp3) is 0.120. The van der Waals surface area contributed by atoms with E-state index in [9.17, 15) is 13.2 Å². The number of amides is 1. The number of carbonyl (C=O) groups excluding carboxylic acids is 1. The molecule has 0 bridgehead atoms. The first-order valence-electron chi connectivity index (χ1n) is 10.3. The number of hydrogen-bond acceptors (Lipinski definition) is 5. The quantitative estimate of drug-likeness (QED) is 0.368. The summed E-state index contributed by atoms with van der Waals surface area (Å²) < 4.78 is 28.2. The lowest BCUT2D eigenvalue weighted by Gasteiger charge is -2.12. The van der Waals surface area contributed by atoms with Crippen molar-refractivity contribution in [3.05, 3.63) is 94.4 Å². The number of sulfonamides is 1. The SMILES string of the molecule is Cc1ccc(S(=O)(=O)Nc2ccccc2C(=O)Nc2nc(-c3cc(C)ccc3C)cs2)cc1. The highest BCUT2D eigenvalue weighted by Gasteiger charge is 2.19. The van der Waals surface area contributed by atoms with Crippen LogP contribution in [0.2, 0.25) is 0 Å². The van der Waals surface area contributed by atoms with Crippen LogP contribution in [0.5, 0.6) is 0 Å². The van der Waals surface area contributed by atoms with Crippen molar-refractivity contribution in [2.45, 2.75) is 25.7 Å². The lowest BCUT2D eigenvalue weighted by molar-refractivity contribution is 0.102. The Hall–Kier alpha value is -3.49. The van der Waals surface area contributed by atoms with Gasteiger partial charge in [0, 0.05) is 10.9 Å². The highest BCUT2D eigenvalue weighted by molar-refractivity contribution is 7.92. The number of para-hydroxylation sites is 1. The largest absolute Gasteiger partial charge is 0.298 e. The number of nitrogens with one attached hydrogen (secondary N) is 2. The molecule has 8 heteroatoms. The van der Waals surface area contributed by atoms with Gasteiger partial charge in [-0.15, -0.1) is 11.3 Å².